The minimum Gasteiger partial charge on any atom is -0.492 e. The number of hydrogen-bond acceptors (Lipinski definition) is 4. The SMILES string of the molecule is Cc1cccc(OCCN(C)Cc2c(C)noc2C)c1. The molecule has 0 aliphatic carbocycles. The first-order valence-electron chi connectivity index (χ1n) is 6.86. The molecule has 0 aliphatic heterocycles. The third kappa shape index (κ3) is 3.84. The van der Waals surface area contributed by atoms with Crippen LogP contribution >= 0.6 is 0 Å². The normalized spacial score (nSPS) is 11.1. The number of ether oxygens (including phenoxy) is 1. The number of aromatic nitrogens is 1. The lowest BCUT2D eigenvalue weighted by Crippen LogP contribution is -2.24. The van der Waals surface area contributed by atoms with Crippen molar-refractivity contribution in [3.63, 3.8) is 0 Å². The maximum absolute atomic E-state index is 5.76. The summed E-state index contributed by atoms with van der Waals surface area (Å²) >= 11 is 0. The lowest BCUT2D eigenvalue weighted by atomic mass is 10.2. The molecule has 0 saturated heterocycles. The Kier molecular flexibility index (Phi) is 4.79. The van der Waals surface area contributed by atoms with Crippen molar-refractivity contribution in [1.29, 1.82) is 0 Å². The number of benzene rings is 1. The van der Waals surface area contributed by atoms with Crippen LogP contribution in [0.3, 0.4) is 0 Å². The fourth-order valence-electron chi connectivity index (χ4n) is 2.10. The summed E-state index contributed by atoms with van der Waals surface area (Å²) in [5.74, 6) is 1.82. The number of hydrogen-bond donors (Lipinski definition) is 0. The van der Waals surface area contributed by atoms with Gasteiger partial charge in [-0.15, -0.1) is 0 Å². The van der Waals surface area contributed by atoms with Gasteiger partial charge < -0.3 is 9.26 Å². The Balaban J connectivity index is 1.80. The van der Waals surface area contributed by atoms with Gasteiger partial charge in [0.25, 0.3) is 0 Å². The number of nitrogens with zero attached hydrogens (tertiary/aromatic N) is 2. The summed E-state index contributed by atoms with van der Waals surface area (Å²) in [6.45, 7) is 8.35. The van der Waals surface area contributed by atoms with Crippen LogP contribution in [-0.4, -0.2) is 30.3 Å². The molecule has 0 aliphatic rings. The van der Waals surface area contributed by atoms with Crippen molar-refractivity contribution in [2.45, 2.75) is 27.3 Å². The molecule has 1 heterocycles. The minimum absolute atomic E-state index is 0.670. The fourth-order valence-corrected chi connectivity index (χ4v) is 2.10. The molecule has 0 fully saturated rings. The lowest BCUT2D eigenvalue weighted by Gasteiger charge is -2.16. The molecule has 0 unspecified atom stereocenters. The maximum Gasteiger partial charge on any atom is 0.138 e. The summed E-state index contributed by atoms with van der Waals surface area (Å²) < 4.78 is 10.9. The molecule has 1 aromatic heterocycles. The second-order valence-corrected chi connectivity index (χ2v) is 5.21. The molecule has 0 bridgehead atoms. The number of likely N-dealkylation sites (N-methyl/N-ethyl adjacent to an activating group) is 1. The van der Waals surface area contributed by atoms with Crippen LogP contribution in [0.4, 0.5) is 0 Å². The van der Waals surface area contributed by atoms with E-state index in [4.69, 9.17) is 9.26 Å². The fraction of sp³-hybridized carbons (Fsp3) is 0.438. The Morgan fingerprint density at radius 2 is 2.05 bits per heavy atom. The highest BCUT2D eigenvalue weighted by molar-refractivity contribution is 5.27. The Morgan fingerprint density at radius 1 is 1.25 bits per heavy atom. The van der Waals surface area contributed by atoms with Crippen molar-refractivity contribution in [2.75, 3.05) is 20.2 Å². The lowest BCUT2D eigenvalue weighted by molar-refractivity contribution is 0.232. The molecule has 0 spiro atoms. The van der Waals surface area contributed by atoms with Crippen molar-refractivity contribution in [2.24, 2.45) is 0 Å². The maximum atomic E-state index is 5.76. The largest absolute Gasteiger partial charge is 0.492 e. The standard InChI is InChI=1S/C16H22N2O2/c1-12-6-5-7-15(10-12)19-9-8-18(4)11-16-13(2)17-20-14(16)3/h5-7,10H,8-9,11H2,1-4H3. The van der Waals surface area contributed by atoms with Gasteiger partial charge in [-0.05, 0) is 45.5 Å². The van der Waals surface area contributed by atoms with Crippen LogP contribution in [0.5, 0.6) is 5.75 Å². The van der Waals surface area contributed by atoms with Gasteiger partial charge in [0, 0.05) is 18.7 Å². The van der Waals surface area contributed by atoms with E-state index in [2.05, 4.69) is 30.1 Å². The van der Waals surface area contributed by atoms with E-state index in [-0.39, 0.29) is 0 Å². The van der Waals surface area contributed by atoms with Crippen LogP contribution in [0, 0.1) is 20.8 Å². The van der Waals surface area contributed by atoms with Crippen molar-refractivity contribution >= 4 is 0 Å². The van der Waals surface area contributed by atoms with E-state index in [0.29, 0.717) is 6.61 Å². The molecular formula is C16H22N2O2. The summed E-state index contributed by atoms with van der Waals surface area (Å²) in [5, 5.41) is 3.97. The van der Waals surface area contributed by atoms with Crippen LogP contribution in [0.1, 0.15) is 22.6 Å². The second kappa shape index (κ2) is 6.57. The molecule has 4 nitrogen and oxygen atoms in total. The Bertz CT molecular complexity index is 544. The number of rotatable bonds is 6. The quantitative estimate of drug-likeness (QED) is 0.811. The van der Waals surface area contributed by atoms with Gasteiger partial charge in [-0.2, -0.15) is 0 Å². The topological polar surface area (TPSA) is 38.5 Å². The smallest absolute Gasteiger partial charge is 0.138 e. The molecule has 0 N–H and O–H groups in total. The van der Waals surface area contributed by atoms with Gasteiger partial charge in [-0.25, -0.2) is 0 Å². The predicted molar refractivity (Wildman–Crippen MR) is 79.0 cm³/mol. The zero-order valence-corrected chi connectivity index (χ0v) is 12.6. The van der Waals surface area contributed by atoms with Gasteiger partial charge in [0.1, 0.15) is 18.1 Å². The van der Waals surface area contributed by atoms with Gasteiger partial charge in [-0.1, -0.05) is 17.3 Å². The predicted octanol–water partition coefficient (Wildman–Crippen LogP) is 3.11. The molecular weight excluding hydrogens is 252 g/mol. The molecule has 0 amide bonds. The number of aryl methyl sites for hydroxylation is 3. The van der Waals surface area contributed by atoms with E-state index in [1.807, 2.05) is 32.0 Å². The third-order valence-corrected chi connectivity index (χ3v) is 3.34. The zero-order chi connectivity index (χ0) is 14.5. The molecule has 108 valence electrons. The molecule has 4 heteroatoms. The summed E-state index contributed by atoms with van der Waals surface area (Å²) in [6.07, 6.45) is 0. The molecule has 0 radical (unpaired) electrons. The summed E-state index contributed by atoms with van der Waals surface area (Å²) in [4.78, 5) is 2.21. The van der Waals surface area contributed by atoms with E-state index in [9.17, 15) is 0 Å². The minimum atomic E-state index is 0.670. The van der Waals surface area contributed by atoms with E-state index in [1.54, 1.807) is 0 Å². The van der Waals surface area contributed by atoms with Gasteiger partial charge in [0.05, 0.1) is 5.69 Å². The van der Waals surface area contributed by atoms with Crippen molar-refractivity contribution < 1.29 is 9.26 Å². The van der Waals surface area contributed by atoms with Crippen molar-refractivity contribution in [3.8, 4) is 5.75 Å². The molecule has 0 atom stereocenters. The highest BCUT2D eigenvalue weighted by Gasteiger charge is 2.11. The summed E-state index contributed by atoms with van der Waals surface area (Å²) in [7, 11) is 2.07. The van der Waals surface area contributed by atoms with Crippen molar-refractivity contribution in [3.05, 3.63) is 46.8 Å². The monoisotopic (exact) mass is 274 g/mol. The van der Waals surface area contributed by atoms with Crippen LogP contribution < -0.4 is 4.74 Å². The van der Waals surface area contributed by atoms with Crippen LogP contribution in [-0.2, 0) is 6.54 Å². The van der Waals surface area contributed by atoms with Gasteiger partial charge in [-0.3, -0.25) is 4.90 Å². The van der Waals surface area contributed by atoms with Gasteiger partial charge in [0.2, 0.25) is 0 Å². The molecule has 1 aromatic carbocycles. The second-order valence-electron chi connectivity index (χ2n) is 5.21. The van der Waals surface area contributed by atoms with Crippen molar-refractivity contribution in [1.82, 2.24) is 10.1 Å². The first-order chi connectivity index (χ1) is 9.56. The van der Waals surface area contributed by atoms with Gasteiger partial charge >= 0.3 is 0 Å². The van der Waals surface area contributed by atoms with E-state index in [0.717, 1.165) is 30.3 Å². The average Bonchev–Trinajstić information content (AvgIpc) is 2.71. The Morgan fingerprint density at radius 3 is 2.70 bits per heavy atom. The average molecular weight is 274 g/mol. The third-order valence-electron chi connectivity index (χ3n) is 3.34. The Labute approximate surface area is 120 Å². The van der Waals surface area contributed by atoms with Crippen LogP contribution in [0.15, 0.2) is 28.8 Å². The Hall–Kier alpha value is -1.81. The van der Waals surface area contributed by atoms with E-state index >= 15 is 0 Å². The summed E-state index contributed by atoms with van der Waals surface area (Å²) in [6, 6.07) is 8.12. The summed E-state index contributed by atoms with van der Waals surface area (Å²) in [5.41, 5.74) is 3.35. The van der Waals surface area contributed by atoms with Gasteiger partial charge in [0.15, 0.2) is 0 Å². The first kappa shape index (κ1) is 14.6. The zero-order valence-electron chi connectivity index (χ0n) is 12.6. The highest BCUT2D eigenvalue weighted by Crippen LogP contribution is 2.15. The van der Waals surface area contributed by atoms with Crippen LogP contribution in [0.2, 0.25) is 0 Å². The first-order valence-corrected chi connectivity index (χ1v) is 6.86. The van der Waals surface area contributed by atoms with E-state index in [1.165, 1.54) is 11.1 Å². The van der Waals surface area contributed by atoms with Crippen LogP contribution in [0.25, 0.3) is 0 Å². The molecule has 20 heavy (non-hydrogen) atoms. The van der Waals surface area contributed by atoms with E-state index < -0.39 is 0 Å². The highest BCUT2D eigenvalue weighted by atomic mass is 16.5. The molecule has 2 aromatic rings. The molecule has 2 rings (SSSR count). The molecule has 0 saturated carbocycles.